The van der Waals surface area contributed by atoms with Crippen LogP contribution >= 0.6 is 11.8 Å². The first-order valence-electron chi connectivity index (χ1n) is 3.77. The molecule has 0 aliphatic carbocycles. The fourth-order valence-electron chi connectivity index (χ4n) is 0.999. The van der Waals surface area contributed by atoms with Gasteiger partial charge in [0.1, 0.15) is 0 Å². The van der Waals surface area contributed by atoms with E-state index in [2.05, 4.69) is 4.99 Å². The molecule has 5 heteroatoms. The minimum atomic E-state index is -0.419. The molecule has 68 valence electrons. The van der Waals surface area contributed by atoms with Crippen LogP contribution in [0, 0.1) is 0 Å². The summed E-state index contributed by atoms with van der Waals surface area (Å²) in [6, 6.07) is 0.00847. The van der Waals surface area contributed by atoms with Gasteiger partial charge in [-0.05, 0) is 24.9 Å². The van der Waals surface area contributed by atoms with Crippen molar-refractivity contribution in [1.29, 1.82) is 0 Å². The number of hydrogen-bond donors (Lipinski definition) is 1. The van der Waals surface area contributed by atoms with Crippen LogP contribution in [-0.4, -0.2) is 30.0 Å². The average Bonchev–Trinajstić information content (AvgIpc) is 2.31. The lowest BCUT2D eigenvalue weighted by Gasteiger charge is -2.06. The van der Waals surface area contributed by atoms with Crippen molar-refractivity contribution in [2.45, 2.75) is 18.9 Å². The topological polar surface area (TPSA) is 64.7 Å². The van der Waals surface area contributed by atoms with E-state index in [1.54, 1.807) is 11.8 Å². The fraction of sp³-hybridized carbons (Fsp3) is 0.714. The first-order valence-corrected chi connectivity index (χ1v) is 5.17. The summed E-state index contributed by atoms with van der Waals surface area (Å²) in [5.41, 5.74) is 5.22. The van der Waals surface area contributed by atoms with Crippen molar-refractivity contribution in [2.24, 2.45) is 10.7 Å². The summed E-state index contributed by atoms with van der Waals surface area (Å²) in [5, 5.41) is 0. The lowest BCUT2D eigenvalue weighted by molar-refractivity contribution is -0.122. The van der Waals surface area contributed by atoms with Gasteiger partial charge in [-0.1, -0.05) is 0 Å². The number of carbonyl (C=O) groups excluding carboxylic acids is 1. The van der Waals surface area contributed by atoms with Crippen LogP contribution in [0.3, 0.4) is 0 Å². The molecule has 12 heavy (non-hydrogen) atoms. The van der Waals surface area contributed by atoms with Gasteiger partial charge in [0.05, 0.1) is 0 Å². The van der Waals surface area contributed by atoms with Crippen molar-refractivity contribution in [3.05, 3.63) is 0 Å². The molecule has 0 saturated carbocycles. The maximum absolute atomic E-state index is 11.0. The van der Waals surface area contributed by atoms with Crippen LogP contribution < -0.4 is 5.73 Å². The molecule has 0 saturated heterocycles. The molecule has 0 bridgehead atoms. The molecule has 0 fully saturated rings. The molecule has 1 heterocycles. The van der Waals surface area contributed by atoms with E-state index in [-0.39, 0.29) is 11.9 Å². The second-order valence-corrected chi connectivity index (χ2v) is 3.52. The highest BCUT2D eigenvalue weighted by Crippen LogP contribution is 2.11. The predicted molar refractivity (Wildman–Crippen MR) is 49.1 cm³/mol. The Morgan fingerprint density at radius 3 is 3.00 bits per heavy atom. The van der Waals surface area contributed by atoms with Gasteiger partial charge in [-0.25, -0.2) is 0 Å². The van der Waals surface area contributed by atoms with Gasteiger partial charge in [0.25, 0.3) is 11.9 Å². The number of ether oxygens (including phenoxy) is 1. The number of amides is 1. The summed E-state index contributed by atoms with van der Waals surface area (Å²) in [6.07, 6.45) is 3.28. The van der Waals surface area contributed by atoms with E-state index < -0.39 is 6.10 Å². The van der Waals surface area contributed by atoms with Crippen LogP contribution in [0.4, 0.5) is 0 Å². The van der Waals surface area contributed by atoms with Crippen LogP contribution in [0.5, 0.6) is 0 Å². The molecule has 4 nitrogen and oxygen atoms in total. The van der Waals surface area contributed by atoms with E-state index >= 15 is 0 Å². The highest BCUT2D eigenvalue weighted by atomic mass is 32.2. The first-order chi connectivity index (χ1) is 5.74. The minimum Gasteiger partial charge on any atom is -0.452 e. The zero-order chi connectivity index (χ0) is 8.97. The molecule has 1 aliphatic rings. The number of thioether (sulfide) groups is 1. The van der Waals surface area contributed by atoms with Crippen molar-refractivity contribution in [3.63, 3.8) is 0 Å². The molecule has 0 aromatic rings. The van der Waals surface area contributed by atoms with Crippen molar-refractivity contribution in [3.8, 4) is 0 Å². The second-order valence-electron chi connectivity index (χ2n) is 2.53. The highest BCUT2D eigenvalue weighted by Gasteiger charge is 2.26. The smallest absolute Gasteiger partial charge is 0.291 e. The monoisotopic (exact) mass is 188 g/mol. The summed E-state index contributed by atoms with van der Waals surface area (Å²) >= 11 is 1.75. The molecule has 0 spiro atoms. The van der Waals surface area contributed by atoms with Gasteiger partial charge < -0.3 is 10.5 Å². The molecule has 0 radical (unpaired) electrons. The van der Waals surface area contributed by atoms with E-state index in [1.165, 1.54) is 0 Å². The lowest BCUT2D eigenvalue weighted by Crippen LogP contribution is -2.20. The number of aliphatic imine (C=N–C) groups is 1. The Labute approximate surface area is 75.6 Å². The average molecular weight is 188 g/mol. The minimum absolute atomic E-state index is 0.00847. The van der Waals surface area contributed by atoms with Gasteiger partial charge in [-0.15, -0.1) is 0 Å². The molecule has 1 aliphatic heterocycles. The Morgan fingerprint density at radius 1 is 1.75 bits per heavy atom. The van der Waals surface area contributed by atoms with Crippen molar-refractivity contribution in [1.82, 2.24) is 0 Å². The van der Waals surface area contributed by atoms with Gasteiger partial charge in [0.2, 0.25) is 0 Å². The normalized spacial score (nSPS) is 22.2. The first kappa shape index (κ1) is 9.38. The van der Waals surface area contributed by atoms with Gasteiger partial charge >= 0.3 is 0 Å². The maximum Gasteiger partial charge on any atom is 0.291 e. The van der Waals surface area contributed by atoms with Crippen LogP contribution in [0.1, 0.15) is 12.8 Å². The van der Waals surface area contributed by atoms with Gasteiger partial charge in [0.15, 0.2) is 6.10 Å². The zero-order valence-corrected chi connectivity index (χ0v) is 7.76. The Balaban J connectivity index is 2.23. The largest absolute Gasteiger partial charge is 0.452 e. The number of nitrogens with two attached hydrogens (primary N) is 1. The number of rotatable bonds is 4. The Hall–Kier alpha value is -0.710. The zero-order valence-electron chi connectivity index (χ0n) is 6.95. The fourth-order valence-corrected chi connectivity index (χ4v) is 1.45. The molecule has 1 unspecified atom stereocenters. The number of amidine groups is 1. The van der Waals surface area contributed by atoms with E-state index in [9.17, 15) is 4.79 Å². The molecule has 0 aromatic carbocycles. The van der Waals surface area contributed by atoms with E-state index in [0.717, 1.165) is 12.2 Å². The predicted octanol–water partition coefficient (Wildman–Crippen LogP) is 0.370. The molecule has 1 amide bonds. The molecule has 1 rings (SSSR count). The quantitative estimate of drug-likeness (QED) is 0.647. The third-order valence-corrected chi connectivity index (χ3v) is 2.27. The van der Waals surface area contributed by atoms with Crippen molar-refractivity contribution >= 4 is 23.7 Å². The van der Waals surface area contributed by atoms with Crippen LogP contribution in [0.25, 0.3) is 0 Å². The molecule has 1 atom stereocenters. The van der Waals surface area contributed by atoms with E-state index in [4.69, 9.17) is 10.5 Å². The van der Waals surface area contributed by atoms with Crippen molar-refractivity contribution in [2.75, 3.05) is 12.0 Å². The Kier molecular flexibility index (Phi) is 3.40. The Bertz CT molecular complexity index is 206. The summed E-state index contributed by atoms with van der Waals surface area (Å²) in [5.74, 6) is 0.793. The van der Waals surface area contributed by atoms with Crippen LogP contribution in [0.15, 0.2) is 4.99 Å². The summed E-state index contributed by atoms with van der Waals surface area (Å²) in [6.45, 7) is 0. The van der Waals surface area contributed by atoms with Gasteiger partial charge in [0, 0.05) is 0 Å². The number of nitrogens with zero attached hydrogens (tertiary/aromatic N) is 1. The number of hydrogen-bond acceptors (Lipinski definition) is 4. The third-order valence-electron chi connectivity index (χ3n) is 1.57. The molecule has 2 N–H and O–H groups in total. The third kappa shape index (κ3) is 2.41. The van der Waals surface area contributed by atoms with Crippen LogP contribution in [-0.2, 0) is 9.53 Å². The van der Waals surface area contributed by atoms with Gasteiger partial charge in [-0.3, -0.25) is 4.79 Å². The summed E-state index contributed by atoms with van der Waals surface area (Å²) in [7, 11) is 0. The SMILES string of the molecule is CSCCCC1OC(N)=NC1=O. The van der Waals surface area contributed by atoms with Gasteiger partial charge in [-0.2, -0.15) is 16.8 Å². The molecular weight excluding hydrogens is 176 g/mol. The molecular formula is C7H12N2O2S. The Morgan fingerprint density at radius 2 is 2.50 bits per heavy atom. The summed E-state index contributed by atoms with van der Waals surface area (Å²) in [4.78, 5) is 14.5. The van der Waals surface area contributed by atoms with E-state index in [0.29, 0.717) is 6.42 Å². The maximum atomic E-state index is 11.0. The van der Waals surface area contributed by atoms with Crippen LogP contribution in [0.2, 0.25) is 0 Å². The van der Waals surface area contributed by atoms with Crippen molar-refractivity contribution < 1.29 is 9.53 Å². The number of carbonyl (C=O) groups is 1. The standard InChI is InChI=1S/C7H12N2O2S/c1-12-4-2-3-5-6(10)9-7(8)11-5/h5H,2-4H2,1H3,(H2,8,9,10). The lowest BCUT2D eigenvalue weighted by atomic mass is 10.2. The second kappa shape index (κ2) is 4.35. The highest BCUT2D eigenvalue weighted by molar-refractivity contribution is 7.98. The van der Waals surface area contributed by atoms with E-state index in [1.807, 2.05) is 6.26 Å². The molecule has 0 aromatic heterocycles. The summed E-state index contributed by atoms with van der Waals surface area (Å²) < 4.78 is 4.99.